The number of rotatable bonds is 5. The monoisotopic (exact) mass is 145 g/mol. The quantitative estimate of drug-likeness (QED) is 0.602. The zero-order valence-electron chi connectivity index (χ0n) is 6.34. The fraction of sp³-hybridized carbons (Fsp3) is 0.857. The molecule has 0 rings (SSSR count). The lowest BCUT2D eigenvalue weighted by Gasteiger charge is -2.05. The van der Waals surface area contributed by atoms with E-state index in [2.05, 4.69) is 0 Å². The van der Waals surface area contributed by atoms with Gasteiger partial charge in [0.15, 0.2) is 0 Å². The number of hydrogen-bond acceptors (Lipinski definition) is 2. The second kappa shape index (κ2) is 5.23. The smallest absolute Gasteiger partial charge is 0.303 e. The molecule has 3 nitrogen and oxygen atoms in total. The fourth-order valence-electron chi connectivity index (χ4n) is 0.866. The van der Waals surface area contributed by atoms with E-state index in [1.165, 1.54) is 0 Å². The van der Waals surface area contributed by atoms with Gasteiger partial charge in [-0.1, -0.05) is 6.92 Å². The maximum absolute atomic E-state index is 10.1. The average molecular weight is 145 g/mol. The van der Waals surface area contributed by atoms with Crippen LogP contribution in [0.1, 0.15) is 26.2 Å². The molecule has 60 valence electrons. The first-order chi connectivity index (χ1) is 4.66. The minimum atomic E-state index is -0.718. The highest BCUT2D eigenvalue weighted by Gasteiger charge is 2.05. The van der Waals surface area contributed by atoms with Gasteiger partial charge in [-0.2, -0.15) is 0 Å². The highest BCUT2D eigenvalue weighted by molar-refractivity contribution is 5.66. The van der Waals surface area contributed by atoms with Gasteiger partial charge in [0.25, 0.3) is 0 Å². The molecular formula is C7H15NO2. The summed E-state index contributed by atoms with van der Waals surface area (Å²) in [4.78, 5) is 10.1. The molecule has 0 heterocycles. The third-order valence-corrected chi connectivity index (χ3v) is 1.42. The molecule has 0 saturated carbocycles. The van der Waals surface area contributed by atoms with E-state index in [0.717, 1.165) is 12.8 Å². The second-order valence-electron chi connectivity index (χ2n) is 2.63. The summed E-state index contributed by atoms with van der Waals surface area (Å²) in [6.07, 6.45) is 2.11. The zero-order valence-corrected chi connectivity index (χ0v) is 6.34. The van der Waals surface area contributed by atoms with Crippen molar-refractivity contribution in [1.82, 2.24) is 0 Å². The number of carboxylic acid groups (broad SMARTS) is 1. The normalized spacial score (nSPS) is 13.0. The van der Waals surface area contributed by atoms with Crippen LogP contribution < -0.4 is 5.73 Å². The van der Waals surface area contributed by atoms with E-state index in [0.29, 0.717) is 6.54 Å². The van der Waals surface area contributed by atoms with Gasteiger partial charge in [0.1, 0.15) is 0 Å². The van der Waals surface area contributed by atoms with Crippen molar-refractivity contribution in [2.75, 3.05) is 6.54 Å². The Morgan fingerprint density at radius 2 is 2.30 bits per heavy atom. The highest BCUT2D eigenvalue weighted by Crippen LogP contribution is 2.08. The number of carbonyl (C=O) groups is 1. The summed E-state index contributed by atoms with van der Waals surface area (Å²) in [6, 6.07) is 0. The predicted molar refractivity (Wildman–Crippen MR) is 39.7 cm³/mol. The first kappa shape index (κ1) is 9.43. The Bertz CT molecular complexity index is 104. The predicted octanol–water partition coefficient (Wildman–Crippen LogP) is 0.836. The van der Waals surface area contributed by atoms with Crippen LogP contribution in [-0.4, -0.2) is 17.6 Å². The summed E-state index contributed by atoms with van der Waals surface area (Å²) in [5.74, 6) is -0.453. The molecule has 0 spiro atoms. The number of carboxylic acids is 1. The van der Waals surface area contributed by atoms with E-state index in [1.807, 2.05) is 6.92 Å². The number of aliphatic carboxylic acids is 1. The zero-order chi connectivity index (χ0) is 7.98. The molecule has 0 aliphatic rings. The fourth-order valence-corrected chi connectivity index (χ4v) is 0.866. The molecule has 1 atom stereocenters. The molecule has 3 heteroatoms. The first-order valence-electron chi connectivity index (χ1n) is 3.58. The summed E-state index contributed by atoms with van der Waals surface area (Å²) in [5, 5.41) is 8.35. The summed E-state index contributed by atoms with van der Waals surface area (Å²) >= 11 is 0. The topological polar surface area (TPSA) is 63.3 Å². The summed E-state index contributed by atoms with van der Waals surface area (Å²) < 4.78 is 0. The third kappa shape index (κ3) is 5.56. The maximum Gasteiger partial charge on any atom is 0.303 e. The molecule has 3 N–H and O–H groups in total. The van der Waals surface area contributed by atoms with Crippen molar-refractivity contribution in [1.29, 1.82) is 0 Å². The van der Waals surface area contributed by atoms with Gasteiger partial charge in [0.2, 0.25) is 0 Å². The van der Waals surface area contributed by atoms with Gasteiger partial charge in [0.05, 0.1) is 0 Å². The van der Waals surface area contributed by atoms with Crippen LogP contribution in [0.25, 0.3) is 0 Å². The standard InChI is InChI=1S/C7H15NO2/c1-6(3-2-4-8)5-7(9)10/h6H,2-5,8H2,1H3,(H,9,10)/t6-/m0/s1. The van der Waals surface area contributed by atoms with E-state index >= 15 is 0 Å². The minimum absolute atomic E-state index is 0.264. The maximum atomic E-state index is 10.1. The van der Waals surface area contributed by atoms with Crippen LogP contribution in [0.3, 0.4) is 0 Å². The molecule has 0 saturated heterocycles. The average Bonchev–Trinajstić information content (AvgIpc) is 1.82. The molecule has 0 aromatic carbocycles. The summed E-state index contributed by atoms with van der Waals surface area (Å²) in [6.45, 7) is 2.59. The first-order valence-corrected chi connectivity index (χ1v) is 3.58. The highest BCUT2D eigenvalue weighted by atomic mass is 16.4. The Labute approximate surface area is 61.2 Å². The minimum Gasteiger partial charge on any atom is -0.481 e. The Morgan fingerprint density at radius 3 is 2.70 bits per heavy atom. The molecule has 10 heavy (non-hydrogen) atoms. The van der Waals surface area contributed by atoms with Crippen molar-refractivity contribution in [3.05, 3.63) is 0 Å². The molecule has 0 bridgehead atoms. The van der Waals surface area contributed by atoms with Crippen LogP contribution in [0, 0.1) is 5.92 Å². The molecule has 0 aliphatic carbocycles. The van der Waals surface area contributed by atoms with E-state index in [-0.39, 0.29) is 12.3 Å². The van der Waals surface area contributed by atoms with Crippen LogP contribution in [0.5, 0.6) is 0 Å². The second-order valence-corrected chi connectivity index (χ2v) is 2.63. The molecule has 0 aromatic rings. The van der Waals surface area contributed by atoms with E-state index in [4.69, 9.17) is 10.8 Å². The lowest BCUT2D eigenvalue weighted by atomic mass is 10.0. The molecule has 0 radical (unpaired) electrons. The van der Waals surface area contributed by atoms with Crippen LogP contribution >= 0.6 is 0 Å². The Morgan fingerprint density at radius 1 is 1.70 bits per heavy atom. The SMILES string of the molecule is C[C@@H](CCCN)CC(=O)O. The van der Waals surface area contributed by atoms with Crippen molar-refractivity contribution < 1.29 is 9.90 Å². The van der Waals surface area contributed by atoms with Crippen molar-refractivity contribution in [2.45, 2.75) is 26.2 Å². The summed E-state index contributed by atoms with van der Waals surface area (Å²) in [7, 11) is 0. The molecule has 0 unspecified atom stereocenters. The van der Waals surface area contributed by atoms with Crippen LogP contribution in [0.4, 0.5) is 0 Å². The number of nitrogens with two attached hydrogens (primary N) is 1. The van der Waals surface area contributed by atoms with E-state index in [9.17, 15) is 4.79 Å². The van der Waals surface area contributed by atoms with E-state index in [1.54, 1.807) is 0 Å². The van der Waals surface area contributed by atoms with Gasteiger partial charge >= 0.3 is 5.97 Å². The van der Waals surface area contributed by atoms with Crippen molar-refractivity contribution in [3.63, 3.8) is 0 Å². The molecular weight excluding hydrogens is 130 g/mol. The van der Waals surface area contributed by atoms with Gasteiger partial charge < -0.3 is 10.8 Å². The van der Waals surface area contributed by atoms with Crippen molar-refractivity contribution in [2.24, 2.45) is 11.7 Å². The van der Waals surface area contributed by atoms with Crippen molar-refractivity contribution >= 4 is 5.97 Å². The molecule has 0 fully saturated rings. The van der Waals surface area contributed by atoms with Crippen LogP contribution in [0.2, 0.25) is 0 Å². The third-order valence-electron chi connectivity index (χ3n) is 1.42. The largest absolute Gasteiger partial charge is 0.481 e. The van der Waals surface area contributed by atoms with Gasteiger partial charge in [0, 0.05) is 6.42 Å². The Balaban J connectivity index is 3.25. The van der Waals surface area contributed by atoms with Crippen molar-refractivity contribution in [3.8, 4) is 0 Å². The molecule has 0 amide bonds. The van der Waals surface area contributed by atoms with Gasteiger partial charge in [-0.25, -0.2) is 0 Å². The van der Waals surface area contributed by atoms with Gasteiger partial charge in [-0.15, -0.1) is 0 Å². The van der Waals surface area contributed by atoms with Gasteiger partial charge in [-0.05, 0) is 25.3 Å². The van der Waals surface area contributed by atoms with Gasteiger partial charge in [-0.3, -0.25) is 4.79 Å². The Kier molecular flexibility index (Phi) is 4.94. The van der Waals surface area contributed by atoms with Crippen LogP contribution in [-0.2, 0) is 4.79 Å². The van der Waals surface area contributed by atoms with Crippen LogP contribution in [0.15, 0.2) is 0 Å². The number of hydrogen-bond donors (Lipinski definition) is 2. The lowest BCUT2D eigenvalue weighted by Crippen LogP contribution is -2.07. The lowest BCUT2D eigenvalue weighted by molar-refractivity contribution is -0.138. The van der Waals surface area contributed by atoms with E-state index < -0.39 is 5.97 Å². The summed E-state index contributed by atoms with van der Waals surface area (Å²) in [5.41, 5.74) is 5.26. The molecule has 0 aromatic heterocycles. The molecule has 0 aliphatic heterocycles. The Hall–Kier alpha value is -0.570.